The molecule has 0 saturated carbocycles. The van der Waals surface area contributed by atoms with Gasteiger partial charge >= 0.3 is 0 Å². The topological polar surface area (TPSA) is 158 Å². The van der Waals surface area contributed by atoms with Crippen molar-refractivity contribution in [1.29, 1.82) is 0 Å². The predicted octanol–water partition coefficient (Wildman–Crippen LogP) is -1.43. The third kappa shape index (κ3) is 7.06. The van der Waals surface area contributed by atoms with Crippen molar-refractivity contribution < 1.29 is 49.6 Å². The van der Waals surface area contributed by atoms with E-state index in [4.69, 9.17) is 18.9 Å². The van der Waals surface area contributed by atoms with Crippen LogP contribution in [0.5, 0.6) is 0 Å². The molecule has 2 heterocycles. The molecule has 30 heavy (non-hydrogen) atoms. The van der Waals surface area contributed by atoms with Gasteiger partial charge in [-0.2, -0.15) is 0 Å². The zero-order valence-electron chi connectivity index (χ0n) is 17.3. The summed E-state index contributed by atoms with van der Waals surface area (Å²) in [7, 11) is 0. The Morgan fingerprint density at radius 3 is 2.23 bits per heavy atom. The van der Waals surface area contributed by atoms with E-state index in [-0.39, 0.29) is 19.8 Å². The monoisotopic (exact) mass is 434 g/mol. The van der Waals surface area contributed by atoms with E-state index in [2.05, 4.69) is 6.08 Å². The van der Waals surface area contributed by atoms with Crippen LogP contribution in [0.1, 0.15) is 26.7 Å². The molecule has 174 valence electrons. The summed E-state index contributed by atoms with van der Waals surface area (Å²) >= 11 is 0. The highest BCUT2D eigenvalue weighted by atomic mass is 16.7. The molecular formula is C20H34O10. The van der Waals surface area contributed by atoms with Crippen LogP contribution in [0.2, 0.25) is 0 Å². The summed E-state index contributed by atoms with van der Waals surface area (Å²) in [4.78, 5) is 0. The highest BCUT2D eigenvalue weighted by Gasteiger charge is 2.45. The second-order valence-electron chi connectivity index (χ2n) is 7.76. The van der Waals surface area contributed by atoms with E-state index in [1.165, 1.54) is 5.57 Å². The molecule has 0 aromatic rings. The molecule has 9 atom stereocenters. The first-order valence-electron chi connectivity index (χ1n) is 10.1. The quantitative estimate of drug-likeness (QED) is 0.188. The first-order valence-corrected chi connectivity index (χ1v) is 10.1. The van der Waals surface area contributed by atoms with Crippen LogP contribution in [-0.4, -0.2) is 106 Å². The van der Waals surface area contributed by atoms with E-state index in [1.807, 2.05) is 19.9 Å². The van der Waals surface area contributed by atoms with Crippen LogP contribution in [0.3, 0.4) is 0 Å². The number of hydrogen-bond acceptors (Lipinski definition) is 10. The van der Waals surface area contributed by atoms with Gasteiger partial charge in [0.2, 0.25) is 0 Å². The third-order valence-electron chi connectivity index (χ3n) is 4.96. The molecule has 0 aromatic carbocycles. The molecule has 2 saturated heterocycles. The van der Waals surface area contributed by atoms with Gasteiger partial charge in [0.1, 0.15) is 42.7 Å². The van der Waals surface area contributed by atoms with Gasteiger partial charge in [-0.3, -0.25) is 0 Å². The zero-order chi connectivity index (χ0) is 22.3. The Hall–Kier alpha value is -0.920. The summed E-state index contributed by atoms with van der Waals surface area (Å²) in [6.07, 6.45) is -4.54. The molecule has 0 spiro atoms. The summed E-state index contributed by atoms with van der Waals surface area (Å²) in [5, 5.41) is 59.4. The Morgan fingerprint density at radius 1 is 0.833 bits per heavy atom. The smallest absolute Gasteiger partial charge is 0.187 e. The Labute approximate surface area is 176 Å². The highest BCUT2D eigenvalue weighted by molar-refractivity contribution is 4.95. The van der Waals surface area contributed by atoms with E-state index < -0.39 is 55.3 Å². The van der Waals surface area contributed by atoms with Crippen molar-refractivity contribution in [1.82, 2.24) is 0 Å². The normalized spacial score (nSPS) is 39.9. The Morgan fingerprint density at radius 2 is 1.53 bits per heavy atom. The van der Waals surface area contributed by atoms with Crippen molar-refractivity contribution >= 4 is 0 Å². The molecule has 0 aromatic heterocycles. The number of allylic oxidation sites excluding steroid dienone is 3. The number of hydrogen-bond donors (Lipinski definition) is 6. The minimum atomic E-state index is -1.52. The summed E-state index contributed by atoms with van der Waals surface area (Å²) in [5.74, 6) is 0. The maximum atomic E-state index is 10.1. The second kappa shape index (κ2) is 12.2. The van der Waals surface area contributed by atoms with Crippen LogP contribution in [0, 0.1) is 0 Å². The molecule has 2 aliphatic rings. The molecule has 0 amide bonds. The largest absolute Gasteiger partial charge is 0.388 e. The van der Waals surface area contributed by atoms with Gasteiger partial charge in [0.15, 0.2) is 12.6 Å². The maximum absolute atomic E-state index is 10.1. The molecule has 0 unspecified atom stereocenters. The Kier molecular flexibility index (Phi) is 10.3. The van der Waals surface area contributed by atoms with Crippen LogP contribution >= 0.6 is 0 Å². The number of rotatable bonds is 9. The molecule has 2 fully saturated rings. The maximum Gasteiger partial charge on any atom is 0.187 e. The molecule has 6 N–H and O–H groups in total. The van der Waals surface area contributed by atoms with Crippen LogP contribution in [0.15, 0.2) is 23.8 Å². The fourth-order valence-corrected chi connectivity index (χ4v) is 3.11. The Bertz CT molecular complexity index is 564. The van der Waals surface area contributed by atoms with Crippen molar-refractivity contribution in [2.24, 2.45) is 0 Å². The summed E-state index contributed by atoms with van der Waals surface area (Å²) in [6, 6.07) is 0. The molecule has 0 radical (unpaired) electrons. The lowest BCUT2D eigenvalue weighted by Gasteiger charge is -2.41. The van der Waals surface area contributed by atoms with Crippen molar-refractivity contribution in [3.8, 4) is 0 Å². The lowest BCUT2D eigenvalue weighted by molar-refractivity contribution is -0.319. The van der Waals surface area contributed by atoms with Gasteiger partial charge in [0, 0.05) is 0 Å². The number of aliphatic hydroxyl groups is 6. The zero-order valence-corrected chi connectivity index (χ0v) is 17.3. The molecule has 0 bridgehead atoms. The predicted molar refractivity (Wildman–Crippen MR) is 104 cm³/mol. The average molecular weight is 434 g/mol. The average Bonchev–Trinajstić information content (AvgIpc) is 2.71. The van der Waals surface area contributed by atoms with Gasteiger partial charge in [-0.05, 0) is 26.7 Å². The van der Waals surface area contributed by atoms with Crippen LogP contribution < -0.4 is 0 Å². The van der Waals surface area contributed by atoms with E-state index >= 15 is 0 Å². The van der Waals surface area contributed by atoms with Crippen molar-refractivity contribution in [2.45, 2.75) is 82.0 Å². The minimum absolute atomic E-state index is 0.140. The lowest BCUT2D eigenvalue weighted by Crippen LogP contribution is -2.60. The van der Waals surface area contributed by atoms with Crippen molar-refractivity contribution in [2.75, 3.05) is 19.8 Å². The number of unbranched alkanes of at least 4 members (excludes halogenated alkanes) is 1. The second-order valence-corrected chi connectivity index (χ2v) is 7.76. The molecule has 10 nitrogen and oxygen atoms in total. The summed E-state index contributed by atoms with van der Waals surface area (Å²) in [6.45, 7) is 3.65. The first-order chi connectivity index (χ1) is 14.2. The molecule has 0 aliphatic carbocycles. The standard InChI is InChI=1S/C20H34O10/c1-11(2)7-5-3-4-6-8-27-20-18(26)16(24)15(23)13(30-20)10-29-19-17(25)14(22)12(21)9-28-19/h4,6-7,12-26H,3,5,8-10H2,1-2H3/b6-4+/t12-,13-,14+,15-,16+,17-,18-,19+,20-/m1/s1. The van der Waals surface area contributed by atoms with Gasteiger partial charge in [-0.15, -0.1) is 0 Å². The van der Waals surface area contributed by atoms with Crippen LogP contribution in [0.25, 0.3) is 0 Å². The number of ether oxygens (including phenoxy) is 4. The third-order valence-corrected chi connectivity index (χ3v) is 4.96. The fraction of sp³-hybridized carbons (Fsp3) is 0.800. The summed E-state index contributed by atoms with van der Waals surface area (Å²) in [5.41, 5.74) is 1.25. The van der Waals surface area contributed by atoms with E-state index in [9.17, 15) is 30.6 Å². The lowest BCUT2D eigenvalue weighted by atomic mass is 9.99. The van der Waals surface area contributed by atoms with Gasteiger partial charge in [0.05, 0.1) is 19.8 Å². The molecule has 10 heteroatoms. The van der Waals surface area contributed by atoms with E-state index in [0.29, 0.717) is 0 Å². The number of aliphatic hydroxyl groups excluding tert-OH is 6. The van der Waals surface area contributed by atoms with Crippen LogP contribution in [0.4, 0.5) is 0 Å². The summed E-state index contributed by atoms with van der Waals surface area (Å²) < 4.78 is 21.4. The Balaban J connectivity index is 1.82. The fourth-order valence-electron chi connectivity index (χ4n) is 3.11. The molecular weight excluding hydrogens is 400 g/mol. The first kappa shape index (κ1) is 25.3. The van der Waals surface area contributed by atoms with Gasteiger partial charge in [0.25, 0.3) is 0 Å². The molecule has 2 rings (SSSR count). The van der Waals surface area contributed by atoms with Crippen molar-refractivity contribution in [3.05, 3.63) is 23.8 Å². The minimum Gasteiger partial charge on any atom is -0.388 e. The van der Waals surface area contributed by atoms with Gasteiger partial charge in [-0.25, -0.2) is 0 Å². The SMILES string of the molecule is CC(C)=CCC/C=C/CO[C@@H]1O[C@H](CO[C@@H]2OC[C@@H](O)[C@H](O)[C@H]2O)[C@@H](O)[C@H](O)[C@H]1O. The molecule has 2 aliphatic heterocycles. The van der Waals surface area contributed by atoms with E-state index in [0.717, 1.165) is 12.8 Å². The van der Waals surface area contributed by atoms with Crippen LogP contribution in [-0.2, 0) is 18.9 Å². The van der Waals surface area contributed by atoms with Gasteiger partial charge in [-0.1, -0.05) is 23.8 Å². The highest BCUT2D eigenvalue weighted by Crippen LogP contribution is 2.24. The van der Waals surface area contributed by atoms with Gasteiger partial charge < -0.3 is 49.6 Å². The van der Waals surface area contributed by atoms with E-state index in [1.54, 1.807) is 6.08 Å². The van der Waals surface area contributed by atoms with Crippen molar-refractivity contribution in [3.63, 3.8) is 0 Å².